The average Bonchev–Trinajstić information content (AvgIpc) is 2.42. The molecule has 0 atom stereocenters. The number of carbonyl (C=O) groups is 1. The number of carbonyl (C=O) groups excluding carboxylic acids is 1. The number of anilines is 1. The highest BCUT2D eigenvalue weighted by Gasteiger charge is 2.01. The largest absolute Gasteiger partial charge is 0.429 e. The Morgan fingerprint density at radius 3 is 3.07 bits per heavy atom. The van der Waals surface area contributed by atoms with Crippen molar-refractivity contribution >= 4 is 34.9 Å². The lowest BCUT2D eigenvalue weighted by Crippen LogP contribution is -2.05. The van der Waals surface area contributed by atoms with Crippen molar-refractivity contribution in [2.75, 3.05) is 5.32 Å². The van der Waals surface area contributed by atoms with E-state index in [-0.39, 0.29) is 5.91 Å². The van der Waals surface area contributed by atoms with Gasteiger partial charge in [0.25, 0.3) is 4.84 Å². The zero-order chi connectivity index (χ0) is 10.1. The quantitative estimate of drug-likeness (QED) is 0.708. The zero-order valence-corrected chi connectivity index (χ0v) is 8.27. The number of oxazole rings is 1. The molecule has 4 nitrogen and oxygen atoms in total. The van der Waals surface area contributed by atoms with Crippen LogP contribution in [0.4, 0.5) is 5.69 Å². The Labute approximate surface area is 84.9 Å². The molecule has 72 valence electrons. The second kappa shape index (κ2) is 3.26. The first-order valence-corrected chi connectivity index (χ1v) is 4.46. The number of aromatic amines is 1. The molecule has 1 aromatic carbocycles. The Bertz CT molecular complexity index is 541. The Morgan fingerprint density at radius 1 is 1.57 bits per heavy atom. The third kappa shape index (κ3) is 1.67. The van der Waals surface area contributed by atoms with Crippen molar-refractivity contribution in [3.05, 3.63) is 23.0 Å². The molecule has 0 bridgehead atoms. The number of aromatic nitrogens is 1. The van der Waals surface area contributed by atoms with Crippen molar-refractivity contribution in [3.8, 4) is 0 Å². The summed E-state index contributed by atoms with van der Waals surface area (Å²) in [6.07, 6.45) is 0. The van der Waals surface area contributed by atoms with Gasteiger partial charge in [-0.05, 0) is 30.4 Å². The minimum absolute atomic E-state index is 0.105. The molecular weight excluding hydrogens is 200 g/mol. The number of hydrogen-bond donors (Lipinski definition) is 2. The number of benzene rings is 1. The Morgan fingerprint density at radius 2 is 2.36 bits per heavy atom. The van der Waals surface area contributed by atoms with Gasteiger partial charge in [-0.2, -0.15) is 0 Å². The number of amides is 1. The van der Waals surface area contributed by atoms with E-state index < -0.39 is 0 Å². The monoisotopic (exact) mass is 208 g/mol. The normalized spacial score (nSPS) is 10.4. The van der Waals surface area contributed by atoms with Gasteiger partial charge in [-0.15, -0.1) is 0 Å². The van der Waals surface area contributed by atoms with Crippen LogP contribution < -0.4 is 5.32 Å². The molecule has 2 rings (SSSR count). The van der Waals surface area contributed by atoms with E-state index in [1.807, 2.05) is 0 Å². The topological polar surface area (TPSA) is 58.0 Å². The summed E-state index contributed by atoms with van der Waals surface area (Å²) >= 11 is 4.83. The number of nitrogens with one attached hydrogen (secondary N) is 2. The first kappa shape index (κ1) is 8.96. The van der Waals surface area contributed by atoms with E-state index in [0.29, 0.717) is 10.4 Å². The summed E-state index contributed by atoms with van der Waals surface area (Å²) in [5.41, 5.74) is 2.18. The summed E-state index contributed by atoms with van der Waals surface area (Å²) in [7, 11) is 0. The molecule has 0 aliphatic rings. The standard InChI is InChI=1S/C9H8N2O2S/c1-5(12)10-6-2-3-8-7(4-6)11-9(14)13-8/h2-4H,1H3,(H,10,12)(H,11,14). The maximum Gasteiger partial charge on any atom is 0.266 e. The van der Waals surface area contributed by atoms with E-state index in [4.69, 9.17) is 16.6 Å². The number of H-pyrrole nitrogens is 1. The van der Waals surface area contributed by atoms with Gasteiger partial charge < -0.3 is 14.7 Å². The molecule has 14 heavy (non-hydrogen) atoms. The van der Waals surface area contributed by atoms with Crippen LogP contribution >= 0.6 is 12.2 Å². The fraction of sp³-hybridized carbons (Fsp3) is 0.111. The number of fused-ring (bicyclic) bond motifs is 1. The third-order valence-electron chi connectivity index (χ3n) is 1.74. The van der Waals surface area contributed by atoms with Gasteiger partial charge >= 0.3 is 0 Å². The predicted octanol–water partition coefficient (Wildman–Crippen LogP) is 2.45. The Balaban J connectivity index is 2.50. The van der Waals surface area contributed by atoms with Crippen molar-refractivity contribution in [3.63, 3.8) is 0 Å². The van der Waals surface area contributed by atoms with Gasteiger partial charge in [0.2, 0.25) is 5.91 Å². The van der Waals surface area contributed by atoms with E-state index in [1.165, 1.54) is 6.92 Å². The number of rotatable bonds is 1. The van der Waals surface area contributed by atoms with Crippen molar-refractivity contribution in [1.29, 1.82) is 0 Å². The molecular formula is C9H8N2O2S. The summed E-state index contributed by atoms with van der Waals surface area (Å²) in [5, 5.41) is 2.67. The van der Waals surface area contributed by atoms with E-state index in [0.717, 1.165) is 11.2 Å². The summed E-state index contributed by atoms with van der Waals surface area (Å²) in [5.74, 6) is -0.105. The number of hydrogen-bond acceptors (Lipinski definition) is 3. The second-order valence-corrected chi connectivity index (χ2v) is 3.28. The van der Waals surface area contributed by atoms with Gasteiger partial charge in [0.1, 0.15) is 0 Å². The lowest BCUT2D eigenvalue weighted by atomic mass is 10.3. The van der Waals surface area contributed by atoms with Crippen LogP contribution in [0.15, 0.2) is 22.6 Å². The molecule has 5 heteroatoms. The van der Waals surface area contributed by atoms with Crippen LogP contribution in [0.2, 0.25) is 0 Å². The lowest BCUT2D eigenvalue weighted by molar-refractivity contribution is -0.114. The van der Waals surface area contributed by atoms with Crippen LogP contribution in [0.3, 0.4) is 0 Å². The fourth-order valence-electron chi connectivity index (χ4n) is 1.23. The molecule has 2 aromatic rings. The SMILES string of the molecule is CC(=O)Nc1ccc2oc(=S)[nH]c2c1. The Kier molecular flexibility index (Phi) is 2.09. The maximum atomic E-state index is 10.8. The van der Waals surface area contributed by atoms with Gasteiger partial charge in [0, 0.05) is 12.6 Å². The molecule has 0 saturated heterocycles. The van der Waals surface area contributed by atoms with Crippen molar-refractivity contribution in [1.82, 2.24) is 4.98 Å². The highest BCUT2D eigenvalue weighted by atomic mass is 32.1. The fourth-order valence-corrected chi connectivity index (χ4v) is 1.43. The van der Waals surface area contributed by atoms with Crippen molar-refractivity contribution in [2.45, 2.75) is 6.92 Å². The summed E-state index contributed by atoms with van der Waals surface area (Å²) in [6, 6.07) is 5.29. The minimum atomic E-state index is -0.105. The molecule has 0 radical (unpaired) electrons. The van der Waals surface area contributed by atoms with Crippen molar-refractivity contribution in [2.24, 2.45) is 0 Å². The molecule has 0 aliphatic heterocycles. The first-order valence-electron chi connectivity index (χ1n) is 4.05. The van der Waals surface area contributed by atoms with Gasteiger partial charge in [0.15, 0.2) is 5.58 Å². The summed E-state index contributed by atoms with van der Waals surface area (Å²) in [4.78, 5) is 14.0. The predicted molar refractivity (Wildman–Crippen MR) is 55.7 cm³/mol. The van der Waals surface area contributed by atoms with Crippen LogP contribution in [0, 0.1) is 4.84 Å². The van der Waals surface area contributed by atoms with Crippen LogP contribution in [0.1, 0.15) is 6.92 Å². The molecule has 0 unspecified atom stereocenters. The van der Waals surface area contributed by atoms with Crippen LogP contribution in [-0.2, 0) is 4.79 Å². The van der Waals surface area contributed by atoms with Gasteiger partial charge in [-0.1, -0.05) is 0 Å². The van der Waals surface area contributed by atoms with Crippen LogP contribution in [-0.4, -0.2) is 10.9 Å². The average molecular weight is 208 g/mol. The lowest BCUT2D eigenvalue weighted by Gasteiger charge is -1.99. The van der Waals surface area contributed by atoms with Crippen molar-refractivity contribution < 1.29 is 9.21 Å². The second-order valence-electron chi connectivity index (χ2n) is 2.91. The zero-order valence-electron chi connectivity index (χ0n) is 7.46. The molecule has 0 fully saturated rings. The molecule has 1 aromatic heterocycles. The Hall–Kier alpha value is -1.62. The van der Waals surface area contributed by atoms with E-state index in [1.54, 1.807) is 18.2 Å². The summed E-state index contributed by atoms with van der Waals surface area (Å²) in [6.45, 7) is 1.46. The molecule has 0 spiro atoms. The molecule has 0 saturated carbocycles. The third-order valence-corrected chi connectivity index (χ3v) is 1.92. The molecule has 1 heterocycles. The maximum absolute atomic E-state index is 10.8. The van der Waals surface area contributed by atoms with E-state index in [9.17, 15) is 4.79 Å². The molecule has 0 aliphatic carbocycles. The van der Waals surface area contributed by atoms with Gasteiger partial charge in [-0.3, -0.25) is 4.79 Å². The van der Waals surface area contributed by atoms with Gasteiger partial charge in [-0.25, -0.2) is 0 Å². The smallest absolute Gasteiger partial charge is 0.266 e. The van der Waals surface area contributed by atoms with E-state index >= 15 is 0 Å². The van der Waals surface area contributed by atoms with Crippen LogP contribution in [0.25, 0.3) is 11.1 Å². The molecule has 2 N–H and O–H groups in total. The summed E-state index contributed by atoms with van der Waals surface area (Å²) < 4.78 is 5.17. The highest BCUT2D eigenvalue weighted by molar-refractivity contribution is 7.71. The minimum Gasteiger partial charge on any atom is -0.429 e. The first-order chi connectivity index (χ1) is 6.65. The van der Waals surface area contributed by atoms with E-state index in [2.05, 4.69) is 10.3 Å². The molecule has 1 amide bonds. The highest BCUT2D eigenvalue weighted by Crippen LogP contribution is 2.18. The van der Waals surface area contributed by atoms with Gasteiger partial charge in [0.05, 0.1) is 5.52 Å². The van der Waals surface area contributed by atoms with Crippen LogP contribution in [0.5, 0.6) is 0 Å².